The van der Waals surface area contributed by atoms with Crippen LogP contribution in [-0.4, -0.2) is 65.2 Å². The van der Waals surface area contributed by atoms with Crippen molar-refractivity contribution in [3.05, 3.63) is 0 Å². The third-order valence-corrected chi connectivity index (χ3v) is 13.8. The molecule has 0 fully saturated rings. The molecule has 158 valence electrons. The minimum absolute atomic E-state index is 0.0696. The van der Waals surface area contributed by atoms with E-state index in [-0.39, 0.29) is 20.2 Å². The van der Waals surface area contributed by atoms with E-state index in [1.54, 1.807) is 14.2 Å². The minimum atomic E-state index is -2.69. The molecule has 0 aromatic carbocycles. The molecule has 0 aliphatic carbocycles. The van der Waals surface area contributed by atoms with Gasteiger partial charge < -0.3 is 31.7 Å². The first-order valence-corrected chi connectivity index (χ1v) is 17.2. The quantitative estimate of drug-likeness (QED) is 0.229. The van der Waals surface area contributed by atoms with Crippen molar-refractivity contribution in [1.82, 2.24) is 0 Å². The maximum absolute atomic E-state index is 9.00. The molecule has 0 rings (SSSR count). The van der Waals surface area contributed by atoms with Gasteiger partial charge in [0.05, 0.1) is 0 Å². The standard InChI is InChI=1S/C16H40O7Si3/c1-9-16(2)13-26(18-3,19-4)22-15-20-14-21-25(7,8)23-24(5,6)12-10-11-17/h16-17H,9-15H2,1-8H3. The molecular formula is C16H40O7Si3. The second-order valence-electron chi connectivity index (χ2n) is 7.63. The smallest absolute Gasteiger partial charge is 0.436 e. The fraction of sp³-hybridized carbons (Fsp3) is 1.00. The molecule has 0 aromatic heterocycles. The summed E-state index contributed by atoms with van der Waals surface area (Å²) in [6.07, 6.45) is 1.81. The fourth-order valence-electron chi connectivity index (χ4n) is 2.60. The zero-order valence-corrected chi connectivity index (χ0v) is 20.9. The van der Waals surface area contributed by atoms with Crippen LogP contribution >= 0.6 is 0 Å². The molecule has 0 aromatic rings. The number of aliphatic hydroxyl groups is 1. The fourth-order valence-corrected chi connectivity index (χ4v) is 12.2. The molecule has 1 atom stereocenters. The van der Waals surface area contributed by atoms with Crippen LogP contribution in [0.5, 0.6) is 0 Å². The maximum Gasteiger partial charge on any atom is 0.502 e. The van der Waals surface area contributed by atoms with Crippen molar-refractivity contribution in [2.45, 2.75) is 65.0 Å². The predicted octanol–water partition coefficient (Wildman–Crippen LogP) is 3.53. The SMILES string of the molecule is CCC(C)C[Si](OC)(OC)OCOCO[Si](C)(C)O[Si](C)(C)CCCO. The maximum atomic E-state index is 9.00. The summed E-state index contributed by atoms with van der Waals surface area (Å²) in [5.74, 6) is 0.462. The molecule has 1 unspecified atom stereocenters. The zero-order chi connectivity index (χ0) is 20.3. The van der Waals surface area contributed by atoms with Gasteiger partial charge in [0.25, 0.3) is 0 Å². The summed E-state index contributed by atoms with van der Waals surface area (Å²) in [4.78, 5) is 0. The molecule has 0 amide bonds. The van der Waals surface area contributed by atoms with Crippen molar-refractivity contribution in [3.63, 3.8) is 0 Å². The molecular weight excluding hydrogens is 388 g/mol. The van der Waals surface area contributed by atoms with Gasteiger partial charge in [-0.05, 0) is 44.6 Å². The molecule has 0 aliphatic heterocycles. The summed E-state index contributed by atoms with van der Waals surface area (Å²) in [5, 5.41) is 9.00. The molecule has 10 heteroatoms. The largest absolute Gasteiger partial charge is 0.502 e. The lowest BCUT2D eigenvalue weighted by Crippen LogP contribution is -2.47. The Bertz CT molecular complexity index is 366. The van der Waals surface area contributed by atoms with Crippen molar-refractivity contribution in [2.24, 2.45) is 5.92 Å². The van der Waals surface area contributed by atoms with Gasteiger partial charge in [0.1, 0.15) is 13.6 Å². The lowest BCUT2D eigenvalue weighted by Gasteiger charge is -2.33. The summed E-state index contributed by atoms with van der Waals surface area (Å²) >= 11 is 0. The van der Waals surface area contributed by atoms with Gasteiger partial charge in [0.15, 0.2) is 8.32 Å². The number of hydrogen-bond acceptors (Lipinski definition) is 7. The van der Waals surface area contributed by atoms with Gasteiger partial charge in [0.2, 0.25) is 0 Å². The molecule has 0 aliphatic rings. The monoisotopic (exact) mass is 428 g/mol. The van der Waals surface area contributed by atoms with Gasteiger partial charge in [-0.15, -0.1) is 0 Å². The first kappa shape index (κ1) is 26.4. The topological polar surface area (TPSA) is 75.6 Å². The summed E-state index contributed by atoms with van der Waals surface area (Å²) in [7, 11) is -3.57. The van der Waals surface area contributed by atoms with Gasteiger partial charge in [-0.3, -0.25) is 0 Å². The number of aliphatic hydroxyl groups excluding tert-OH is 1. The lowest BCUT2D eigenvalue weighted by atomic mass is 10.2. The van der Waals surface area contributed by atoms with E-state index in [4.69, 9.17) is 31.7 Å². The molecule has 7 nitrogen and oxygen atoms in total. The molecule has 0 radical (unpaired) electrons. The van der Waals surface area contributed by atoms with Gasteiger partial charge in [0, 0.05) is 26.9 Å². The normalized spacial score (nSPS) is 14.7. The van der Waals surface area contributed by atoms with Crippen LogP contribution in [0.1, 0.15) is 26.7 Å². The van der Waals surface area contributed by atoms with Gasteiger partial charge in [-0.25, -0.2) is 0 Å². The average Bonchev–Trinajstić information content (AvgIpc) is 2.57. The molecule has 0 heterocycles. The molecule has 1 N–H and O–H groups in total. The number of hydrogen-bond donors (Lipinski definition) is 1. The van der Waals surface area contributed by atoms with Crippen LogP contribution in [0.4, 0.5) is 0 Å². The van der Waals surface area contributed by atoms with Crippen LogP contribution in [0, 0.1) is 5.92 Å². The molecule has 0 bridgehead atoms. The molecule has 0 saturated heterocycles. The van der Waals surface area contributed by atoms with E-state index in [0.29, 0.717) is 5.92 Å². The van der Waals surface area contributed by atoms with Crippen molar-refractivity contribution < 1.29 is 31.7 Å². The zero-order valence-electron chi connectivity index (χ0n) is 17.9. The second-order valence-corrected chi connectivity index (χ2v) is 18.4. The van der Waals surface area contributed by atoms with Crippen LogP contribution < -0.4 is 0 Å². The Morgan fingerprint density at radius 3 is 2.04 bits per heavy atom. The van der Waals surface area contributed by atoms with E-state index >= 15 is 0 Å². The average molecular weight is 429 g/mol. The Kier molecular flexibility index (Phi) is 12.9. The van der Waals surface area contributed by atoms with Gasteiger partial charge in [-0.1, -0.05) is 20.3 Å². The molecule has 0 saturated carbocycles. The summed E-state index contributed by atoms with van der Waals surface area (Å²) in [5.41, 5.74) is 0. The third-order valence-electron chi connectivity index (χ3n) is 4.23. The van der Waals surface area contributed by atoms with Crippen molar-refractivity contribution in [2.75, 3.05) is 34.4 Å². The summed E-state index contributed by atoms with van der Waals surface area (Å²) in [6, 6.07) is 1.67. The van der Waals surface area contributed by atoms with Crippen LogP contribution in [0.3, 0.4) is 0 Å². The highest BCUT2D eigenvalue weighted by Gasteiger charge is 2.40. The Morgan fingerprint density at radius 2 is 1.54 bits per heavy atom. The van der Waals surface area contributed by atoms with Crippen molar-refractivity contribution >= 4 is 25.7 Å². The number of rotatable bonds is 16. The second kappa shape index (κ2) is 12.8. The first-order valence-electron chi connectivity index (χ1n) is 9.32. The highest BCUT2D eigenvalue weighted by molar-refractivity contribution is 6.82. The van der Waals surface area contributed by atoms with Gasteiger partial charge in [-0.2, -0.15) is 0 Å². The van der Waals surface area contributed by atoms with E-state index < -0.39 is 25.7 Å². The van der Waals surface area contributed by atoms with E-state index in [2.05, 4.69) is 26.9 Å². The van der Waals surface area contributed by atoms with E-state index in [1.165, 1.54) is 0 Å². The van der Waals surface area contributed by atoms with E-state index in [0.717, 1.165) is 24.9 Å². The Morgan fingerprint density at radius 1 is 0.962 bits per heavy atom. The van der Waals surface area contributed by atoms with Gasteiger partial charge >= 0.3 is 17.4 Å². The lowest BCUT2D eigenvalue weighted by molar-refractivity contribution is -0.0876. The number of ether oxygens (including phenoxy) is 1. The van der Waals surface area contributed by atoms with E-state index in [9.17, 15) is 0 Å². The van der Waals surface area contributed by atoms with Crippen molar-refractivity contribution in [1.29, 1.82) is 0 Å². The first-order chi connectivity index (χ1) is 12.1. The van der Waals surface area contributed by atoms with Crippen LogP contribution in [-0.2, 0) is 26.6 Å². The Balaban J connectivity index is 4.29. The van der Waals surface area contributed by atoms with Crippen LogP contribution in [0.2, 0.25) is 38.3 Å². The highest BCUT2D eigenvalue weighted by Crippen LogP contribution is 2.23. The Labute approximate surface area is 163 Å². The summed E-state index contributed by atoms with van der Waals surface area (Å²) in [6.45, 7) is 13.0. The minimum Gasteiger partial charge on any atom is -0.436 e. The molecule has 0 spiro atoms. The van der Waals surface area contributed by atoms with Crippen LogP contribution in [0.25, 0.3) is 0 Å². The van der Waals surface area contributed by atoms with Crippen LogP contribution in [0.15, 0.2) is 0 Å². The highest BCUT2D eigenvalue weighted by atomic mass is 28.4. The predicted molar refractivity (Wildman–Crippen MR) is 110 cm³/mol. The molecule has 26 heavy (non-hydrogen) atoms. The third kappa shape index (κ3) is 11.3. The Hall–Kier alpha value is 0.371. The van der Waals surface area contributed by atoms with E-state index in [1.807, 2.05) is 13.1 Å². The summed E-state index contributed by atoms with van der Waals surface area (Å²) < 4.78 is 34.5. The van der Waals surface area contributed by atoms with Crippen molar-refractivity contribution in [3.8, 4) is 0 Å².